The van der Waals surface area contributed by atoms with Gasteiger partial charge in [0.2, 0.25) is 0 Å². The van der Waals surface area contributed by atoms with Gasteiger partial charge in [-0.1, -0.05) is 30.3 Å². The molecule has 0 amide bonds. The first kappa shape index (κ1) is 19.6. The molecule has 2 aromatic carbocycles. The molecule has 0 spiro atoms. The summed E-state index contributed by atoms with van der Waals surface area (Å²) >= 11 is 0. The summed E-state index contributed by atoms with van der Waals surface area (Å²) in [5.41, 5.74) is 2.24. The molecule has 1 saturated heterocycles. The molecule has 5 heteroatoms. The van der Waals surface area contributed by atoms with Crippen LogP contribution in [0, 0.1) is 5.92 Å². The van der Waals surface area contributed by atoms with Gasteiger partial charge in [0.05, 0.1) is 4.90 Å². The van der Waals surface area contributed by atoms with Crippen LogP contribution in [0.1, 0.15) is 31.2 Å². The van der Waals surface area contributed by atoms with Crippen LogP contribution >= 0.6 is 0 Å². The van der Waals surface area contributed by atoms with E-state index in [0.717, 1.165) is 38.0 Å². The van der Waals surface area contributed by atoms with Crippen molar-refractivity contribution in [2.45, 2.75) is 37.0 Å². The van der Waals surface area contributed by atoms with Gasteiger partial charge in [-0.05, 0) is 55.0 Å². The van der Waals surface area contributed by atoms with E-state index >= 15 is 0 Å². The fourth-order valence-corrected chi connectivity index (χ4v) is 4.35. The number of aryl methyl sites for hydroxylation is 1. The maximum absolute atomic E-state index is 12.4. The van der Waals surface area contributed by atoms with E-state index in [1.165, 1.54) is 11.8 Å². The van der Waals surface area contributed by atoms with Gasteiger partial charge < -0.3 is 4.90 Å². The number of sulfone groups is 1. The molecule has 1 unspecified atom stereocenters. The first-order valence-corrected chi connectivity index (χ1v) is 11.4. The highest BCUT2D eigenvalue weighted by Gasteiger charge is 2.22. The van der Waals surface area contributed by atoms with E-state index in [1.54, 1.807) is 12.1 Å². The molecule has 1 heterocycles. The summed E-state index contributed by atoms with van der Waals surface area (Å²) in [5.74, 6) is 0.703. The van der Waals surface area contributed by atoms with E-state index < -0.39 is 9.84 Å². The standard InChI is InChI=1S/C22H27NO3S/c1-27(25,26)22-13-10-20(11-14-22)23-15-5-8-19(17-23)16-21(24)12-9-18-6-3-2-4-7-18/h2-4,6-7,10-11,13-14,19H,5,8-9,12,15-17H2,1H3. The van der Waals surface area contributed by atoms with Gasteiger partial charge in [0.1, 0.15) is 5.78 Å². The fraction of sp³-hybridized carbons (Fsp3) is 0.409. The number of ketones is 1. The molecule has 1 aliphatic rings. The maximum Gasteiger partial charge on any atom is 0.175 e. The average Bonchev–Trinajstić information content (AvgIpc) is 2.67. The minimum atomic E-state index is -3.17. The quantitative estimate of drug-likeness (QED) is 0.725. The molecule has 1 atom stereocenters. The molecular formula is C22H27NO3S. The number of piperidine rings is 1. The molecule has 27 heavy (non-hydrogen) atoms. The number of nitrogens with zero attached hydrogens (tertiary/aromatic N) is 1. The predicted octanol–water partition coefficient (Wildman–Crippen LogP) is 3.90. The summed E-state index contributed by atoms with van der Waals surface area (Å²) in [6.07, 6.45) is 5.40. The Labute approximate surface area is 162 Å². The Morgan fingerprint density at radius 1 is 1.07 bits per heavy atom. The lowest BCUT2D eigenvalue weighted by Gasteiger charge is -2.34. The molecule has 0 radical (unpaired) electrons. The van der Waals surface area contributed by atoms with Crippen LogP contribution in [0.15, 0.2) is 59.5 Å². The minimum Gasteiger partial charge on any atom is -0.371 e. The van der Waals surface area contributed by atoms with E-state index in [9.17, 15) is 13.2 Å². The third kappa shape index (κ3) is 5.67. The van der Waals surface area contributed by atoms with Gasteiger partial charge in [-0.3, -0.25) is 4.79 Å². The summed E-state index contributed by atoms with van der Waals surface area (Å²) in [6, 6.07) is 17.2. The minimum absolute atomic E-state index is 0.332. The van der Waals surface area contributed by atoms with Crippen molar-refractivity contribution in [3.63, 3.8) is 0 Å². The van der Waals surface area contributed by atoms with Crippen molar-refractivity contribution in [3.8, 4) is 0 Å². The zero-order valence-electron chi connectivity index (χ0n) is 15.8. The van der Waals surface area contributed by atoms with Gasteiger partial charge in [-0.15, -0.1) is 0 Å². The number of Topliss-reactive ketones (excluding diaryl/α,β-unsaturated/α-hetero) is 1. The van der Waals surface area contributed by atoms with Crippen molar-refractivity contribution in [3.05, 3.63) is 60.2 Å². The number of benzene rings is 2. The van der Waals surface area contributed by atoms with E-state index in [2.05, 4.69) is 17.0 Å². The lowest BCUT2D eigenvalue weighted by atomic mass is 9.91. The topological polar surface area (TPSA) is 54.5 Å². The highest BCUT2D eigenvalue weighted by Crippen LogP contribution is 2.26. The number of rotatable bonds is 7. The molecule has 3 rings (SSSR count). The fourth-order valence-electron chi connectivity index (χ4n) is 3.72. The molecule has 0 bridgehead atoms. The highest BCUT2D eigenvalue weighted by molar-refractivity contribution is 7.90. The smallest absolute Gasteiger partial charge is 0.175 e. The monoisotopic (exact) mass is 385 g/mol. The van der Waals surface area contributed by atoms with Crippen LogP contribution in [0.3, 0.4) is 0 Å². The van der Waals surface area contributed by atoms with Crippen molar-refractivity contribution < 1.29 is 13.2 Å². The van der Waals surface area contributed by atoms with Gasteiger partial charge >= 0.3 is 0 Å². The second-order valence-electron chi connectivity index (χ2n) is 7.45. The first-order valence-electron chi connectivity index (χ1n) is 9.52. The molecule has 0 aromatic heterocycles. The summed E-state index contributed by atoms with van der Waals surface area (Å²) in [4.78, 5) is 15.0. The number of hydrogen-bond acceptors (Lipinski definition) is 4. The van der Waals surface area contributed by atoms with Crippen molar-refractivity contribution >= 4 is 21.3 Å². The van der Waals surface area contributed by atoms with Crippen LogP contribution in [0.2, 0.25) is 0 Å². The van der Waals surface area contributed by atoms with Crippen molar-refractivity contribution in [2.75, 3.05) is 24.2 Å². The molecular weight excluding hydrogens is 358 g/mol. The molecule has 144 valence electrons. The van der Waals surface area contributed by atoms with Crippen molar-refractivity contribution in [1.82, 2.24) is 0 Å². The van der Waals surface area contributed by atoms with E-state index in [-0.39, 0.29) is 0 Å². The third-order valence-corrected chi connectivity index (χ3v) is 6.33. The van der Waals surface area contributed by atoms with Gasteiger partial charge in [0.15, 0.2) is 9.84 Å². The predicted molar refractivity (Wildman–Crippen MR) is 109 cm³/mol. The Morgan fingerprint density at radius 3 is 2.44 bits per heavy atom. The van der Waals surface area contributed by atoms with Crippen LogP contribution in [-0.4, -0.2) is 33.5 Å². The SMILES string of the molecule is CS(=O)(=O)c1ccc(N2CCCC(CC(=O)CCc3ccccc3)C2)cc1. The second kappa shape index (κ2) is 8.70. The molecule has 0 aliphatic carbocycles. The highest BCUT2D eigenvalue weighted by atomic mass is 32.2. The maximum atomic E-state index is 12.4. The Balaban J connectivity index is 1.53. The Hall–Kier alpha value is -2.14. The number of hydrogen-bond donors (Lipinski definition) is 0. The first-order chi connectivity index (χ1) is 12.9. The Morgan fingerprint density at radius 2 is 1.78 bits per heavy atom. The van der Waals surface area contributed by atoms with E-state index in [1.807, 2.05) is 30.3 Å². The Bertz CT molecular complexity index is 860. The van der Waals surface area contributed by atoms with E-state index in [0.29, 0.717) is 29.4 Å². The summed E-state index contributed by atoms with van der Waals surface area (Å²) in [6.45, 7) is 1.81. The molecule has 1 fully saturated rings. The molecule has 0 N–H and O–H groups in total. The Kier molecular flexibility index (Phi) is 6.32. The zero-order chi connectivity index (χ0) is 19.3. The van der Waals surface area contributed by atoms with Gasteiger partial charge in [0.25, 0.3) is 0 Å². The van der Waals surface area contributed by atoms with Crippen molar-refractivity contribution in [2.24, 2.45) is 5.92 Å². The lowest BCUT2D eigenvalue weighted by Crippen LogP contribution is -2.36. The van der Waals surface area contributed by atoms with Gasteiger partial charge in [-0.25, -0.2) is 8.42 Å². The van der Waals surface area contributed by atoms with Crippen molar-refractivity contribution in [1.29, 1.82) is 0 Å². The molecule has 1 aliphatic heterocycles. The van der Waals surface area contributed by atoms with Crippen LogP contribution < -0.4 is 4.90 Å². The molecule has 4 nitrogen and oxygen atoms in total. The van der Waals surface area contributed by atoms with Crippen LogP contribution in [0.5, 0.6) is 0 Å². The summed E-state index contributed by atoms with van der Waals surface area (Å²) in [5, 5.41) is 0. The normalized spacial score (nSPS) is 17.7. The van der Waals surface area contributed by atoms with E-state index in [4.69, 9.17) is 0 Å². The zero-order valence-corrected chi connectivity index (χ0v) is 16.6. The largest absolute Gasteiger partial charge is 0.371 e. The lowest BCUT2D eigenvalue weighted by molar-refractivity contribution is -0.120. The van der Waals surface area contributed by atoms with Crippen LogP contribution in [-0.2, 0) is 21.1 Å². The number of carbonyl (C=O) groups is 1. The average molecular weight is 386 g/mol. The van der Waals surface area contributed by atoms with Crippen LogP contribution in [0.25, 0.3) is 0 Å². The summed E-state index contributed by atoms with van der Waals surface area (Å²) < 4.78 is 23.2. The number of anilines is 1. The molecule has 0 saturated carbocycles. The van der Waals surface area contributed by atoms with Crippen LogP contribution in [0.4, 0.5) is 5.69 Å². The third-order valence-electron chi connectivity index (χ3n) is 5.20. The van der Waals surface area contributed by atoms with Gasteiger partial charge in [0, 0.05) is 37.9 Å². The summed E-state index contributed by atoms with van der Waals surface area (Å²) in [7, 11) is -3.17. The molecule has 2 aromatic rings. The van der Waals surface area contributed by atoms with Gasteiger partial charge in [-0.2, -0.15) is 0 Å². The number of carbonyl (C=O) groups excluding carboxylic acids is 1. The second-order valence-corrected chi connectivity index (χ2v) is 9.46.